The predicted octanol–water partition coefficient (Wildman–Crippen LogP) is 5.12. The van der Waals surface area contributed by atoms with Crippen molar-refractivity contribution in [1.82, 2.24) is 0 Å². The van der Waals surface area contributed by atoms with Crippen LogP contribution in [-0.4, -0.2) is 42.7 Å². The number of hydrogen-bond acceptors (Lipinski definition) is 2. The topological polar surface area (TPSA) is 26.3 Å². The second kappa shape index (κ2) is 8.46. The van der Waals surface area contributed by atoms with Gasteiger partial charge >= 0.3 is 5.97 Å². The van der Waals surface area contributed by atoms with Crippen molar-refractivity contribution in [3.8, 4) is 0 Å². The van der Waals surface area contributed by atoms with Gasteiger partial charge in [-0.2, -0.15) is 0 Å². The van der Waals surface area contributed by atoms with Crippen LogP contribution in [0, 0.1) is 5.92 Å². The van der Waals surface area contributed by atoms with Crippen molar-refractivity contribution in [3.63, 3.8) is 0 Å². The normalized spacial score (nSPS) is 25.8. The van der Waals surface area contributed by atoms with Crippen LogP contribution in [0.1, 0.15) is 46.6 Å². The minimum atomic E-state index is -0.306. The van der Waals surface area contributed by atoms with Gasteiger partial charge in [0.15, 0.2) is 6.10 Å². The van der Waals surface area contributed by atoms with Crippen molar-refractivity contribution in [1.29, 1.82) is 0 Å². The average Bonchev–Trinajstić information content (AvgIpc) is 2.87. The molecule has 0 amide bonds. The van der Waals surface area contributed by atoms with Crippen LogP contribution in [0.25, 0.3) is 0 Å². The number of carbonyl (C=O) groups excluding carboxylic acids is 1. The Morgan fingerprint density at radius 3 is 2.09 bits per heavy atom. The molecule has 3 fully saturated rings. The maximum Gasteiger partial charge on any atom is 0.318 e. The maximum atomic E-state index is 13.7. The van der Waals surface area contributed by atoms with Crippen molar-refractivity contribution in [2.24, 2.45) is 5.92 Å². The van der Waals surface area contributed by atoms with Gasteiger partial charge in [-0.1, -0.05) is 78.9 Å². The first-order valence-electron chi connectivity index (χ1n) is 12.5. The second-order valence-corrected chi connectivity index (χ2v) is 10.3. The molecule has 33 heavy (non-hydrogen) atoms. The summed E-state index contributed by atoms with van der Waals surface area (Å²) in [6.07, 6.45) is 4.36. The van der Waals surface area contributed by atoms with Crippen LogP contribution in [-0.2, 0) is 22.4 Å². The highest BCUT2D eigenvalue weighted by Gasteiger charge is 2.48. The number of hydrogen-bond donors (Lipinski definition) is 0. The first kappa shape index (κ1) is 20.7. The zero-order valence-electron chi connectivity index (χ0n) is 19.2. The number of piperidine rings is 3. The molecule has 0 N–H and O–H groups in total. The Morgan fingerprint density at radius 1 is 0.818 bits per heavy atom. The molecule has 3 aromatic carbocycles. The molecular formula is C30H32NO2+. The molecule has 3 heteroatoms. The largest absolute Gasteiger partial charge is 0.455 e. The van der Waals surface area contributed by atoms with Gasteiger partial charge in [-0.15, -0.1) is 0 Å². The number of fused-ring (bicyclic) bond motifs is 5. The standard InChI is InChI=1S/C30H32NO2/c32-30(29-26-12-6-4-10-24(26)20-25-11-5-7-13-27(25)29)33-28-21-31(18-15-23(28)16-19-31)17-14-22-8-2-1-3-9-22/h1-13,23,28-29H,14-21H2/q+1/t23?,28-,31?/m0/s1. The van der Waals surface area contributed by atoms with Gasteiger partial charge in [0.05, 0.1) is 19.6 Å². The van der Waals surface area contributed by atoms with E-state index in [4.69, 9.17) is 4.74 Å². The molecule has 0 saturated carbocycles. The fourth-order valence-electron chi connectivity index (χ4n) is 6.48. The Bertz CT molecular complexity index is 1100. The van der Waals surface area contributed by atoms with E-state index in [1.54, 1.807) is 0 Å². The number of esters is 1. The Morgan fingerprint density at radius 2 is 1.42 bits per heavy atom. The molecular weight excluding hydrogens is 406 g/mol. The van der Waals surface area contributed by atoms with Crippen molar-refractivity contribution >= 4 is 5.97 Å². The minimum absolute atomic E-state index is 0.0389. The van der Waals surface area contributed by atoms with E-state index in [1.165, 1.54) is 42.6 Å². The van der Waals surface area contributed by atoms with Crippen LogP contribution in [0.3, 0.4) is 0 Å². The fraction of sp³-hybridized carbons (Fsp3) is 0.367. The van der Waals surface area contributed by atoms with Crippen LogP contribution in [0.2, 0.25) is 0 Å². The molecule has 1 aliphatic carbocycles. The van der Waals surface area contributed by atoms with E-state index >= 15 is 0 Å². The molecule has 2 bridgehead atoms. The van der Waals surface area contributed by atoms with Gasteiger partial charge in [-0.3, -0.25) is 4.79 Å². The zero-order chi connectivity index (χ0) is 22.3. The first-order valence-corrected chi connectivity index (χ1v) is 12.5. The lowest BCUT2D eigenvalue weighted by Crippen LogP contribution is -2.65. The summed E-state index contributed by atoms with van der Waals surface area (Å²) in [6, 6.07) is 27.6. The molecule has 0 radical (unpaired) electrons. The van der Waals surface area contributed by atoms with Crippen LogP contribution >= 0.6 is 0 Å². The molecule has 3 aromatic rings. The second-order valence-electron chi connectivity index (χ2n) is 10.3. The molecule has 3 aliphatic heterocycles. The van der Waals surface area contributed by atoms with E-state index in [9.17, 15) is 4.79 Å². The van der Waals surface area contributed by atoms with Gasteiger partial charge < -0.3 is 9.22 Å². The number of benzene rings is 3. The summed E-state index contributed by atoms with van der Waals surface area (Å²) >= 11 is 0. The van der Waals surface area contributed by atoms with E-state index in [0.717, 1.165) is 41.5 Å². The predicted molar refractivity (Wildman–Crippen MR) is 130 cm³/mol. The highest BCUT2D eigenvalue weighted by atomic mass is 16.5. The maximum absolute atomic E-state index is 13.7. The van der Waals surface area contributed by atoms with Gasteiger partial charge in [0.25, 0.3) is 0 Å². The van der Waals surface area contributed by atoms with Gasteiger partial charge in [0.1, 0.15) is 12.5 Å². The monoisotopic (exact) mass is 438 g/mol. The van der Waals surface area contributed by atoms with Gasteiger partial charge in [-0.25, -0.2) is 0 Å². The third-order valence-corrected chi connectivity index (χ3v) is 8.38. The molecule has 0 spiro atoms. The van der Waals surface area contributed by atoms with Crippen LogP contribution in [0.4, 0.5) is 0 Å². The zero-order valence-corrected chi connectivity index (χ0v) is 19.2. The molecule has 4 aliphatic rings. The third-order valence-electron chi connectivity index (χ3n) is 8.38. The number of rotatable bonds is 5. The highest BCUT2D eigenvalue weighted by Crippen LogP contribution is 2.40. The summed E-state index contributed by atoms with van der Waals surface area (Å²) in [5, 5.41) is 0. The van der Waals surface area contributed by atoms with Crippen molar-refractivity contribution in [2.45, 2.75) is 37.7 Å². The van der Waals surface area contributed by atoms with Crippen LogP contribution in [0.15, 0.2) is 78.9 Å². The quantitative estimate of drug-likeness (QED) is 0.408. The summed E-state index contributed by atoms with van der Waals surface area (Å²) in [7, 11) is 0. The van der Waals surface area contributed by atoms with Gasteiger partial charge in [0, 0.05) is 25.2 Å². The van der Waals surface area contributed by atoms with Crippen molar-refractivity contribution < 1.29 is 14.0 Å². The molecule has 7 rings (SSSR count). The number of quaternary nitrogens is 1. The summed E-state index contributed by atoms with van der Waals surface area (Å²) in [5.41, 5.74) is 6.14. The molecule has 168 valence electrons. The number of nitrogens with zero attached hydrogens (tertiary/aromatic N) is 1. The highest BCUT2D eigenvalue weighted by molar-refractivity contribution is 5.84. The Hall–Kier alpha value is -2.91. The van der Waals surface area contributed by atoms with E-state index in [0.29, 0.717) is 5.92 Å². The van der Waals surface area contributed by atoms with Gasteiger partial charge in [0.2, 0.25) is 0 Å². The van der Waals surface area contributed by atoms with E-state index < -0.39 is 0 Å². The lowest BCUT2D eigenvalue weighted by molar-refractivity contribution is -0.946. The molecule has 3 nitrogen and oxygen atoms in total. The smallest absolute Gasteiger partial charge is 0.318 e. The fourth-order valence-corrected chi connectivity index (χ4v) is 6.48. The lowest BCUT2D eigenvalue weighted by Gasteiger charge is -2.52. The summed E-state index contributed by atoms with van der Waals surface area (Å²) in [4.78, 5) is 13.7. The summed E-state index contributed by atoms with van der Waals surface area (Å²) in [5.74, 6) is 0.147. The minimum Gasteiger partial charge on any atom is -0.455 e. The molecule has 0 aromatic heterocycles. The van der Waals surface area contributed by atoms with E-state index in [2.05, 4.69) is 66.7 Å². The summed E-state index contributed by atoms with van der Waals surface area (Å²) < 4.78 is 7.50. The third kappa shape index (κ3) is 3.89. The number of carbonyl (C=O) groups is 1. The Labute approximate surface area is 196 Å². The lowest BCUT2D eigenvalue weighted by atomic mass is 9.78. The van der Waals surface area contributed by atoms with E-state index in [-0.39, 0.29) is 18.0 Å². The molecule has 1 atom stereocenters. The average molecular weight is 439 g/mol. The molecule has 3 heterocycles. The SMILES string of the molecule is O=C(O[C@H]1C[N+]2(CCc3ccccc3)CCC1CC2)C1c2ccccc2Cc2ccccc21. The number of ether oxygens (including phenoxy) is 1. The molecule has 0 unspecified atom stereocenters. The van der Waals surface area contributed by atoms with Crippen LogP contribution in [0.5, 0.6) is 0 Å². The van der Waals surface area contributed by atoms with E-state index in [1.807, 2.05) is 12.1 Å². The Kier molecular flexibility index (Phi) is 5.30. The summed E-state index contributed by atoms with van der Waals surface area (Å²) in [6.45, 7) is 4.56. The first-order chi connectivity index (χ1) is 16.2. The Balaban J connectivity index is 1.22. The van der Waals surface area contributed by atoms with Crippen molar-refractivity contribution in [2.75, 3.05) is 26.2 Å². The van der Waals surface area contributed by atoms with Crippen LogP contribution < -0.4 is 0 Å². The van der Waals surface area contributed by atoms with Crippen molar-refractivity contribution in [3.05, 3.63) is 107 Å². The van der Waals surface area contributed by atoms with Gasteiger partial charge in [-0.05, 0) is 34.2 Å². The molecule has 3 saturated heterocycles.